The predicted octanol–water partition coefficient (Wildman–Crippen LogP) is 2.77. The van der Waals surface area contributed by atoms with Crippen molar-refractivity contribution in [2.45, 2.75) is 26.4 Å². The van der Waals surface area contributed by atoms with Gasteiger partial charge >= 0.3 is 5.97 Å². The molecule has 0 spiro atoms. The molecule has 1 aliphatic rings. The van der Waals surface area contributed by atoms with E-state index in [4.69, 9.17) is 14.2 Å². The van der Waals surface area contributed by atoms with Crippen molar-refractivity contribution in [3.63, 3.8) is 0 Å². The van der Waals surface area contributed by atoms with Crippen LogP contribution in [0.4, 0.5) is 0 Å². The minimum Gasteiger partial charge on any atom is -0.457 e. The van der Waals surface area contributed by atoms with Gasteiger partial charge in [0.05, 0.1) is 0 Å². The number of fused-ring (bicyclic) bond motifs is 1. The van der Waals surface area contributed by atoms with Crippen LogP contribution in [0.2, 0.25) is 0 Å². The first-order valence-electron chi connectivity index (χ1n) is 5.75. The van der Waals surface area contributed by atoms with Crippen LogP contribution in [0, 0.1) is 0 Å². The maximum atomic E-state index is 11.5. The first-order valence-corrected chi connectivity index (χ1v) is 5.75. The van der Waals surface area contributed by atoms with Crippen molar-refractivity contribution in [3.05, 3.63) is 29.8 Å². The molecule has 0 aromatic heterocycles. The molecule has 1 aromatic carbocycles. The molecular weight excluding hydrogens is 232 g/mol. The summed E-state index contributed by atoms with van der Waals surface area (Å²) in [6.45, 7) is 5.74. The van der Waals surface area contributed by atoms with Gasteiger partial charge < -0.3 is 14.2 Å². The van der Waals surface area contributed by atoms with E-state index in [1.165, 1.54) is 6.08 Å². The van der Waals surface area contributed by atoms with E-state index in [1.54, 1.807) is 6.08 Å². The minimum atomic E-state index is -0.476. The van der Waals surface area contributed by atoms with E-state index in [9.17, 15) is 4.79 Å². The lowest BCUT2D eigenvalue weighted by Gasteiger charge is -2.17. The summed E-state index contributed by atoms with van der Waals surface area (Å²) >= 11 is 0. The maximum absolute atomic E-state index is 11.5. The van der Waals surface area contributed by atoms with Gasteiger partial charge in [0.15, 0.2) is 11.5 Å². The largest absolute Gasteiger partial charge is 0.457 e. The summed E-state index contributed by atoms with van der Waals surface area (Å²) in [6, 6.07) is 5.49. The zero-order chi connectivity index (χ0) is 13.2. The standard InChI is InChI=1S/C14H16O4/c1-14(2,3)18-13(15)7-5-10-4-6-11-12(8-10)17-9-16-11/h4-8H,9H2,1-3H3/b7-5+. The summed E-state index contributed by atoms with van der Waals surface area (Å²) in [7, 11) is 0. The van der Waals surface area contributed by atoms with E-state index in [0.29, 0.717) is 5.75 Å². The topological polar surface area (TPSA) is 44.8 Å². The molecule has 96 valence electrons. The average molecular weight is 248 g/mol. The molecule has 4 nitrogen and oxygen atoms in total. The molecule has 0 fully saturated rings. The van der Waals surface area contributed by atoms with Crippen molar-refractivity contribution >= 4 is 12.0 Å². The summed E-state index contributed by atoms with van der Waals surface area (Å²) in [6.07, 6.45) is 3.10. The molecule has 1 aliphatic heterocycles. The molecule has 2 rings (SSSR count). The van der Waals surface area contributed by atoms with E-state index in [-0.39, 0.29) is 12.8 Å². The Labute approximate surface area is 106 Å². The molecule has 0 aliphatic carbocycles. The number of rotatable bonds is 2. The normalized spacial score (nSPS) is 13.9. The van der Waals surface area contributed by atoms with Crippen LogP contribution in [0.25, 0.3) is 6.08 Å². The van der Waals surface area contributed by atoms with Crippen LogP contribution in [0.3, 0.4) is 0 Å². The molecule has 18 heavy (non-hydrogen) atoms. The van der Waals surface area contributed by atoms with Crippen molar-refractivity contribution < 1.29 is 19.0 Å². The first-order chi connectivity index (χ1) is 8.44. The summed E-state index contributed by atoms with van der Waals surface area (Å²) in [5.74, 6) is 1.06. The lowest BCUT2D eigenvalue weighted by molar-refractivity contribution is -0.148. The smallest absolute Gasteiger partial charge is 0.331 e. The van der Waals surface area contributed by atoms with E-state index in [0.717, 1.165) is 11.3 Å². The SMILES string of the molecule is CC(C)(C)OC(=O)/C=C/c1ccc2c(c1)OCO2. The van der Waals surface area contributed by atoms with Crippen LogP contribution >= 0.6 is 0 Å². The molecule has 0 atom stereocenters. The Morgan fingerprint density at radius 1 is 1.28 bits per heavy atom. The summed E-state index contributed by atoms with van der Waals surface area (Å²) in [5, 5.41) is 0. The fourth-order valence-electron chi connectivity index (χ4n) is 1.52. The van der Waals surface area contributed by atoms with Crippen molar-refractivity contribution in [3.8, 4) is 11.5 Å². The summed E-state index contributed by atoms with van der Waals surface area (Å²) in [4.78, 5) is 11.5. The van der Waals surface area contributed by atoms with E-state index < -0.39 is 5.60 Å². The number of carbonyl (C=O) groups is 1. The number of carbonyl (C=O) groups excluding carboxylic acids is 1. The van der Waals surface area contributed by atoms with Crippen molar-refractivity contribution in [2.75, 3.05) is 6.79 Å². The maximum Gasteiger partial charge on any atom is 0.331 e. The molecule has 4 heteroatoms. The highest BCUT2D eigenvalue weighted by Gasteiger charge is 2.14. The Kier molecular flexibility index (Phi) is 3.28. The van der Waals surface area contributed by atoms with Gasteiger partial charge in [-0.2, -0.15) is 0 Å². The van der Waals surface area contributed by atoms with Crippen molar-refractivity contribution in [2.24, 2.45) is 0 Å². The van der Waals surface area contributed by atoms with Crippen molar-refractivity contribution in [1.82, 2.24) is 0 Å². The summed E-state index contributed by atoms with van der Waals surface area (Å²) < 4.78 is 15.6. The second-order valence-electron chi connectivity index (χ2n) is 4.98. The second kappa shape index (κ2) is 4.72. The Bertz CT molecular complexity index is 483. The zero-order valence-electron chi connectivity index (χ0n) is 10.7. The average Bonchev–Trinajstić information content (AvgIpc) is 2.71. The van der Waals surface area contributed by atoms with Gasteiger partial charge in [0.1, 0.15) is 5.60 Å². The number of ether oxygens (including phenoxy) is 3. The van der Waals surface area contributed by atoms with E-state index >= 15 is 0 Å². The molecular formula is C14H16O4. The third kappa shape index (κ3) is 3.26. The van der Waals surface area contributed by atoms with Gasteiger partial charge in [-0.05, 0) is 44.5 Å². The zero-order valence-corrected chi connectivity index (χ0v) is 10.7. The fourth-order valence-corrected chi connectivity index (χ4v) is 1.52. The van der Waals surface area contributed by atoms with Crippen LogP contribution in [0.15, 0.2) is 24.3 Å². The number of benzene rings is 1. The van der Waals surface area contributed by atoms with Crippen LogP contribution in [0.5, 0.6) is 11.5 Å². The molecule has 0 saturated heterocycles. The van der Waals surface area contributed by atoms with E-state index in [2.05, 4.69) is 0 Å². The van der Waals surface area contributed by atoms with Gasteiger partial charge in [0.2, 0.25) is 6.79 Å². The van der Waals surface area contributed by atoms with Gasteiger partial charge in [-0.1, -0.05) is 6.07 Å². The molecule has 1 heterocycles. The molecule has 1 aromatic rings. The minimum absolute atomic E-state index is 0.245. The number of hydrogen-bond acceptors (Lipinski definition) is 4. The van der Waals surface area contributed by atoms with Gasteiger partial charge in [-0.25, -0.2) is 4.79 Å². The Morgan fingerprint density at radius 2 is 2.00 bits per heavy atom. The molecule has 0 amide bonds. The third-order valence-corrected chi connectivity index (χ3v) is 2.22. The third-order valence-electron chi connectivity index (χ3n) is 2.22. The van der Waals surface area contributed by atoms with Crippen LogP contribution in [-0.4, -0.2) is 18.4 Å². The highest BCUT2D eigenvalue weighted by Crippen LogP contribution is 2.32. The molecule has 0 saturated carbocycles. The van der Waals surface area contributed by atoms with Crippen LogP contribution in [-0.2, 0) is 9.53 Å². The quantitative estimate of drug-likeness (QED) is 0.596. The first kappa shape index (κ1) is 12.5. The van der Waals surface area contributed by atoms with Gasteiger partial charge in [0.25, 0.3) is 0 Å². The number of esters is 1. The Hall–Kier alpha value is -1.97. The van der Waals surface area contributed by atoms with E-state index in [1.807, 2.05) is 39.0 Å². The van der Waals surface area contributed by atoms with Crippen LogP contribution in [0.1, 0.15) is 26.3 Å². The van der Waals surface area contributed by atoms with Gasteiger partial charge in [0, 0.05) is 6.08 Å². The fraction of sp³-hybridized carbons (Fsp3) is 0.357. The lowest BCUT2D eigenvalue weighted by atomic mass is 10.2. The highest BCUT2D eigenvalue weighted by atomic mass is 16.7. The second-order valence-corrected chi connectivity index (χ2v) is 4.98. The van der Waals surface area contributed by atoms with Gasteiger partial charge in [-0.15, -0.1) is 0 Å². The monoisotopic (exact) mass is 248 g/mol. The molecule has 0 unspecified atom stereocenters. The molecule has 0 N–H and O–H groups in total. The number of hydrogen-bond donors (Lipinski definition) is 0. The highest BCUT2D eigenvalue weighted by molar-refractivity contribution is 5.87. The van der Waals surface area contributed by atoms with Crippen molar-refractivity contribution in [1.29, 1.82) is 0 Å². The van der Waals surface area contributed by atoms with Crippen LogP contribution < -0.4 is 9.47 Å². The predicted molar refractivity (Wildman–Crippen MR) is 67.4 cm³/mol. The summed E-state index contributed by atoms with van der Waals surface area (Å²) in [5.41, 5.74) is 0.390. The molecule has 0 bridgehead atoms. The lowest BCUT2D eigenvalue weighted by Crippen LogP contribution is -2.22. The molecule has 0 radical (unpaired) electrons. The van der Waals surface area contributed by atoms with Gasteiger partial charge in [-0.3, -0.25) is 0 Å². The Morgan fingerprint density at radius 3 is 2.72 bits per heavy atom. The Balaban J connectivity index is 2.03.